The highest BCUT2D eigenvalue weighted by Gasteiger charge is 2.28. The number of carbonyl (C=O) groups excluding carboxylic acids is 1. The van der Waals surface area contributed by atoms with Crippen LogP contribution in [0.1, 0.15) is 36.7 Å². The lowest BCUT2D eigenvalue weighted by Gasteiger charge is -2.29. The van der Waals surface area contributed by atoms with Crippen LogP contribution in [0.25, 0.3) is 0 Å². The number of ether oxygens (including phenoxy) is 1. The van der Waals surface area contributed by atoms with E-state index >= 15 is 0 Å². The summed E-state index contributed by atoms with van der Waals surface area (Å²) in [6, 6.07) is 13.4. The summed E-state index contributed by atoms with van der Waals surface area (Å²) in [7, 11) is 1.71. The minimum Gasteiger partial charge on any atom is -0.383 e. The minimum absolute atomic E-state index is 0.256. The summed E-state index contributed by atoms with van der Waals surface area (Å²) in [5.74, 6) is 1.28. The van der Waals surface area contributed by atoms with Gasteiger partial charge in [-0.3, -0.25) is 4.79 Å². The Morgan fingerprint density at radius 1 is 1.19 bits per heavy atom. The molecule has 6 heteroatoms. The van der Waals surface area contributed by atoms with Crippen molar-refractivity contribution < 1.29 is 9.53 Å². The lowest BCUT2D eigenvalue weighted by molar-refractivity contribution is 0.102. The van der Waals surface area contributed by atoms with Gasteiger partial charge in [0.2, 0.25) is 0 Å². The third-order valence-electron chi connectivity index (χ3n) is 4.85. The molecule has 1 amide bonds. The van der Waals surface area contributed by atoms with Gasteiger partial charge in [0, 0.05) is 25.4 Å². The van der Waals surface area contributed by atoms with Gasteiger partial charge in [0.15, 0.2) is 11.5 Å². The number of carbonyl (C=O) groups is 1. The lowest BCUT2D eigenvalue weighted by atomic mass is 10.1. The van der Waals surface area contributed by atoms with E-state index in [0.29, 0.717) is 18.3 Å². The molecular weight excluding hydrogens is 328 g/mol. The zero-order valence-corrected chi connectivity index (χ0v) is 15.4. The van der Waals surface area contributed by atoms with Crippen LogP contribution in [0, 0.1) is 5.92 Å². The van der Waals surface area contributed by atoms with Crippen LogP contribution < -0.4 is 10.2 Å². The van der Waals surface area contributed by atoms with E-state index in [4.69, 9.17) is 4.74 Å². The van der Waals surface area contributed by atoms with Crippen molar-refractivity contribution in [1.29, 1.82) is 0 Å². The molecule has 1 heterocycles. The van der Waals surface area contributed by atoms with E-state index in [9.17, 15) is 4.79 Å². The first-order valence-electron chi connectivity index (χ1n) is 9.13. The number of aromatic nitrogens is 2. The summed E-state index contributed by atoms with van der Waals surface area (Å²) < 4.78 is 5.25. The van der Waals surface area contributed by atoms with Gasteiger partial charge in [-0.15, -0.1) is 10.2 Å². The predicted molar refractivity (Wildman–Crippen MR) is 102 cm³/mol. The summed E-state index contributed by atoms with van der Waals surface area (Å²) >= 11 is 0. The average molecular weight is 354 g/mol. The first kappa shape index (κ1) is 18.3. The molecule has 6 nitrogen and oxygen atoms in total. The molecule has 1 N–H and O–H groups in total. The molecule has 0 saturated heterocycles. The van der Waals surface area contributed by atoms with Crippen molar-refractivity contribution >= 4 is 17.4 Å². The highest BCUT2D eigenvalue weighted by molar-refractivity contribution is 6.02. The fourth-order valence-corrected chi connectivity index (χ4v) is 3.45. The Morgan fingerprint density at radius 2 is 2.00 bits per heavy atom. The number of benzene rings is 1. The van der Waals surface area contributed by atoms with Crippen LogP contribution in [-0.4, -0.2) is 42.4 Å². The van der Waals surface area contributed by atoms with E-state index in [1.165, 1.54) is 6.42 Å². The van der Waals surface area contributed by atoms with Gasteiger partial charge in [0.1, 0.15) is 0 Å². The number of nitrogens with one attached hydrogen (secondary N) is 1. The molecule has 1 aromatic carbocycles. The Hall–Kier alpha value is -2.47. The van der Waals surface area contributed by atoms with Gasteiger partial charge in [-0.05, 0) is 49.4 Å². The van der Waals surface area contributed by atoms with Gasteiger partial charge in [-0.2, -0.15) is 0 Å². The Bertz CT molecular complexity index is 706. The number of methoxy groups -OCH3 is 1. The largest absolute Gasteiger partial charge is 0.383 e. The number of nitrogens with zero attached hydrogens (tertiary/aromatic N) is 3. The maximum atomic E-state index is 12.3. The zero-order chi connectivity index (χ0) is 18.4. The van der Waals surface area contributed by atoms with Crippen molar-refractivity contribution in [2.24, 2.45) is 5.92 Å². The standard InChI is InChI=1S/C20H26N4O2/c1-15-8-9-17(14-15)24(12-13-26-2)19-11-10-18(22-23-19)20(25)21-16-6-4-3-5-7-16/h3-7,10-11,15,17H,8-9,12-14H2,1-2H3,(H,21,25). The monoisotopic (exact) mass is 354 g/mol. The number of hydrogen-bond donors (Lipinski definition) is 1. The second-order valence-corrected chi connectivity index (χ2v) is 6.86. The van der Waals surface area contributed by atoms with Crippen LogP contribution in [0.15, 0.2) is 42.5 Å². The molecule has 2 atom stereocenters. The van der Waals surface area contributed by atoms with Gasteiger partial charge in [-0.1, -0.05) is 25.1 Å². The topological polar surface area (TPSA) is 67.3 Å². The minimum atomic E-state index is -0.256. The molecule has 2 unspecified atom stereocenters. The summed E-state index contributed by atoms with van der Waals surface area (Å²) in [6.07, 6.45) is 3.55. The van der Waals surface area contributed by atoms with Crippen LogP contribution in [0.3, 0.4) is 0 Å². The summed E-state index contributed by atoms with van der Waals surface area (Å²) in [5.41, 5.74) is 1.05. The van der Waals surface area contributed by atoms with Crippen molar-refractivity contribution in [1.82, 2.24) is 10.2 Å². The molecule has 138 valence electrons. The Labute approximate surface area is 154 Å². The molecule has 1 fully saturated rings. The van der Waals surface area contributed by atoms with Crippen molar-refractivity contribution in [2.75, 3.05) is 30.5 Å². The predicted octanol–water partition coefficient (Wildman–Crippen LogP) is 3.37. The van der Waals surface area contributed by atoms with Gasteiger partial charge >= 0.3 is 0 Å². The van der Waals surface area contributed by atoms with Crippen molar-refractivity contribution in [3.8, 4) is 0 Å². The van der Waals surface area contributed by atoms with Crippen molar-refractivity contribution in [3.05, 3.63) is 48.2 Å². The highest BCUT2D eigenvalue weighted by atomic mass is 16.5. The molecule has 3 rings (SSSR count). The smallest absolute Gasteiger partial charge is 0.276 e. The molecule has 1 aromatic heterocycles. The zero-order valence-electron chi connectivity index (χ0n) is 15.4. The average Bonchev–Trinajstić information content (AvgIpc) is 3.09. The third kappa shape index (κ3) is 4.58. The number of hydrogen-bond acceptors (Lipinski definition) is 5. The van der Waals surface area contributed by atoms with Crippen LogP contribution in [0.5, 0.6) is 0 Å². The SMILES string of the molecule is COCCN(c1ccc(C(=O)Nc2ccccc2)nn1)C1CCC(C)C1. The maximum absolute atomic E-state index is 12.3. The van der Waals surface area contributed by atoms with Crippen LogP contribution in [0.4, 0.5) is 11.5 Å². The summed E-state index contributed by atoms with van der Waals surface area (Å²) in [6.45, 7) is 3.71. The number of rotatable bonds is 7. The summed E-state index contributed by atoms with van der Waals surface area (Å²) in [5, 5.41) is 11.3. The van der Waals surface area contributed by atoms with E-state index in [-0.39, 0.29) is 5.91 Å². The van der Waals surface area contributed by atoms with Gasteiger partial charge in [0.05, 0.1) is 6.61 Å². The van der Waals surface area contributed by atoms with E-state index in [0.717, 1.165) is 36.8 Å². The molecule has 26 heavy (non-hydrogen) atoms. The lowest BCUT2D eigenvalue weighted by Crippen LogP contribution is -2.37. The van der Waals surface area contributed by atoms with Crippen LogP contribution in [0.2, 0.25) is 0 Å². The Balaban J connectivity index is 1.70. The fourth-order valence-electron chi connectivity index (χ4n) is 3.45. The van der Waals surface area contributed by atoms with Crippen molar-refractivity contribution in [3.63, 3.8) is 0 Å². The van der Waals surface area contributed by atoms with Crippen LogP contribution in [-0.2, 0) is 4.74 Å². The third-order valence-corrected chi connectivity index (χ3v) is 4.85. The van der Waals surface area contributed by atoms with E-state index in [1.807, 2.05) is 36.4 Å². The van der Waals surface area contributed by atoms with E-state index < -0.39 is 0 Å². The Kier molecular flexibility index (Phi) is 6.17. The van der Waals surface area contributed by atoms with Crippen molar-refractivity contribution in [2.45, 2.75) is 32.2 Å². The van der Waals surface area contributed by atoms with Crippen LogP contribution >= 0.6 is 0 Å². The van der Waals surface area contributed by atoms with Gasteiger partial charge in [-0.25, -0.2) is 0 Å². The second kappa shape index (κ2) is 8.76. The number of anilines is 2. The quantitative estimate of drug-likeness (QED) is 0.826. The molecule has 0 aliphatic heterocycles. The van der Waals surface area contributed by atoms with Gasteiger partial charge < -0.3 is 15.0 Å². The molecule has 1 aliphatic carbocycles. The van der Waals surface area contributed by atoms with E-state index in [2.05, 4.69) is 27.3 Å². The molecular formula is C20H26N4O2. The first-order valence-corrected chi connectivity index (χ1v) is 9.13. The molecule has 0 spiro atoms. The first-order chi connectivity index (χ1) is 12.7. The molecule has 1 aliphatic rings. The number of para-hydroxylation sites is 1. The maximum Gasteiger partial charge on any atom is 0.276 e. The molecule has 0 bridgehead atoms. The molecule has 1 saturated carbocycles. The normalized spacial score (nSPS) is 19.3. The Morgan fingerprint density at radius 3 is 2.62 bits per heavy atom. The fraction of sp³-hybridized carbons (Fsp3) is 0.450. The molecule has 0 radical (unpaired) electrons. The second-order valence-electron chi connectivity index (χ2n) is 6.86. The molecule has 2 aromatic rings. The number of amides is 1. The highest BCUT2D eigenvalue weighted by Crippen LogP contribution is 2.31. The van der Waals surface area contributed by atoms with Gasteiger partial charge in [0.25, 0.3) is 5.91 Å². The summed E-state index contributed by atoms with van der Waals surface area (Å²) in [4.78, 5) is 14.6. The van der Waals surface area contributed by atoms with E-state index in [1.54, 1.807) is 13.2 Å².